The Labute approximate surface area is 96.9 Å². The molecule has 2 heterocycles. The van der Waals surface area contributed by atoms with Crippen LogP contribution in [0.25, 0.3) is 0 Å². The Morgan fingerprint density at radius 3 is 3.00 bits per heavy atom. The van der Waals surface area contributed by atoms with Crippen LogP contribution in [0.4, 0.5) is 5.82 Å². The van der Waals surface area contributed by atoms with E-state index < -0.39 is 0 Å². The Morgan fingerprint density at radius 2 is 2.31 bits per heavy atom. The first-order valence-corrected chi connectivity index (χ1v) is 6.05. The number of hydrogen-bond acceptors (Lipinski definition) is 4. The lowest BCUT2D eigenvalue weighted by Crippen LogP contribution is -2.38. The Balaban J connectivity index is 2.00. The zero-order valence-corrected chi connectivity index (χ0v) is 10.0. The fraction of sp³-hybridized carbons (Fsp3) is 0.667. The van der Waals surface area contributed by atoms with Gasteiger partial charge in [0.15, 0.2) is 0 Å². The summed E-state index contributed by atoms with van der Waals surface area (Å²) < 4.78 is 0. The van der Waals surface area contributed by atoms with Crippen molar-refractivity contribution in [3.05, 3.63) is 18.1 Å². The van der Waals surface area contributed by atoms with Crippen molar-refractivity contribution in [2.75, 3.05) is 18.4 Å². The summed E-state index contributed by atoms with van der Waals surface area (Å²) in [4.78, 5) is 8.53. The van der Waals surface area contributed by atoms with Gasteiger partial charge in [-0.25, -0.2) is 9.97 Å². The maximum absolute atomic E-state index is 4.27. The Morgan fingerprint density at radius 1 is 1.44 bits per heavy atom. The van der Waals surface area contributed by atoms with Gasteiger partial charge < -0.3 is 10.6 Å². The quantitative estimate of drug-likeness (QED) is 0.815. The van der Waals surface area contributed by atoms with E-state index in [0.717, 1.165) is 24.6 Å². The molecule has 1 saturated heterocycles. The van der Waals surface area contributed by atoms with E-state index in [1.807, 2.05) is 0 Å². The lowest BCUT2D eigenvalue weighted by molar-refractivity contribution is 0.479. The van der Waals surface area contributed by atoms with E-state index in [2.05, 4.69) is 40.5 Å². The van der Waals surface area contributed by atoms with Gasteiger partial charge in [-0.3, -0.25) is 0 Å². The molecule has 2 N–H and O–H groups in total. The van der Waals surface area contributed by atoms with Crippen LogP contribution in [0.3, 0.4) is 0 Å². The van der Waals surface area contributed by atoms with E-state index in [0.29, 0.717) is 12.0 Å². The molecule has 1 aliphatic heterocycles. The molecule has 0 spiro atoms. The van der Waals surface area contributed by atoms with E-state index in [1.54, 1.807) is 6.33 Å². The zero-order valence-electron chi connectivity index (χ0n) is 10.0. The molecule has 2 rings (SSSR count). The smallest absolute Gasteiger partial charge is 0.129 e. The van der Waals surface area contributed by atoms with E-state index in [9.17, 15) is 0 Å². The second-order valence-electron chi connectivity index (χ2n) is 4.67. The van der Waals surface area contributed by atoms with Crippen molar-refractivity contribution in [2.24, 2.45) is 0 Å². The minimum absolute atomic E-state index is 0.452. The molecule has 1 aromatic heterocycles. The molecule has 0 aromatic carbocycles. The van der Waals surface area contributed by atoms with Gasteiger partial charge in [0.1, 0.15) is 12.1 Å². The fourth-order valence-electron chi connectivity index (χ4n) is 1.95. The van der Waals surface area contributed by atoms with E-state index in [1.165, 1.54) is 12.8 Å². The van der Waals surface area contributed by atoms with E-state index in [-0.39, 0.29) is 0 Å². The van der Waals surface area contributed by atoms with Crippen LogP contribution in [-0.4, -0.2) is 29.1 Å². The number of aromatic nitrogens is 2. The Kier molecular flexibility index (Phi) is 3.72. The summed E-state index contributed by atoms with van der Waals surface area (Å²) in [6.45, 7) is 6.46. The molecule has 16 heavy (non-hydrogen) atoms. The highest BCUT2D eigenvalue weighted by atomic mass is 15.1. The van der Waals surface area contributed by atoms with Crippen LogP contribution in [0, 0.1) is 0 Å². The minimum atomic E-state index is 0.452. The average Bonchev–Trinajstić information content (AvgIpc) is 2.30. The molecule has 0 radical (unpaired) electrons. The van der Waals surface area contributed by atoms with Gasteiger partial charge in [-0.15, -0.1) is 0 Å². The first kappa shape index (κ1) is 11.3. The number of nitrogens with one attached hydrogen (secondary N) is 2. The van der Waals surface area contributed by atoms with Gasteiger partial charge in [0.05, 0.1) is 0 Å². The van der Waals surface area contributed by atoms with Gasteiger partial charge in [-0.2, -0.15) is 0 Å². The lowest BCUT2D eigenvalue weighted by atomic mass is 10.1. The van der Waals surface area contributed by atoms with Crippen molar-refractivity contribution in [3.8, 4) is 0 Å². The van der Waals surface area contributed by atoms with Gasteiger partial charge in [-0.1, -0.05) is 13.8 Å². The standard InChI is InChI=1S/C12H20N4/c1-9(2)11-6-12(15-8-14-11)16-10-4-3-5-13-7-10/h6,8-10,13H,3-5,7H2,1-2H3,(H,14,15,16). The minimum Gasteiger partial charge on any atom is -0.366 e. The van der Waals surface area contributed by atoms with Gasteiger partial charge in [0, 0.05) is 24.3 Å². The van der Waals surface area contributed by atoms with Crippen molar-refractivity contribution in [3.63, 3.8) is 0 Å². The highest BCUT2D eigenvalue weighted by molar-refractivity contribution is 5.37. The normalized spacial score (nSPS) is 21.1. The summed E-state index contributed by atoms with van der Waals surface area (Å²) in [5, 5.41) is 6.85. The number of nitrogens with zero attached hydrogens (tertiary/aromatic N) is 2. The molecule has 1 aliphatic rings. The third-order valence-corrected chi connectivity index (χ3v) is 2.93. The molecular formula is C12H20N4. The zero-order chi connectivity index (χ0) is 11.4. The first-order valence-electron chi connectivity index (χ1n) is 6.05. The van der Waals surface area contributed by atoms with Crippen molar-refractivity contribution in [2.45, 2.75) is 38.6 Å². The Hall–Kier alpha value is -1.16. The largest absolute Gasteiger partial charge is 0.366 e. The van der Waals surface area contributed by atoms with E-state index >= 15 is 0 Å². The van der Waals surface area contributed by atoms with Crippen molar-refractivity contribution in [1.82, 2.24) is 15.3 Å². The first-order chi connectivity index (χ1) is 7.75. The molecule has 1 atom stereocenters. The molecule has 4 heteroatoms. The van der Waals surface area contributed by atoms with Gasteiger partial charge >= 0.3 is 0 Å². The molecule has 0 aliphatic carbocycles. The Bertz CT molecular complexity index is 332. The second-order valence-corrected chi connectivity index (χ2v) is 4.67. The van der Waals surface area contributed by atoms with Crippen LogP contribution >= 0.6 is 0 Å². The van der Waals surface area contributed by atoms with E-state index in [4.69, 9.17) is 0 Å². The molecular weight excluding hydrogens is 200 g/mol. The average molecular weight is 220 g/mol. The van der Waals surface area contributed by atoms with Gasteiger partial charge in [0.2, 0.25) is 0 Å². The number of anilines is 1. The fourth-order valence-corrected chi connectivity index (χ4v) is 1.95. The third kappa shape index (κ3) is 2.92. The molecule has 1 unspecified atom stereocenters. The second kappa shape index (κ2) is 5.25. The molecule has 1 fully saturated rings. The van der Waals surface area contributed by atoms with Gasteiger partial charge in [0.25, 0.3) is 0 Å². The maximum atomic E-state index is 4.27. The highest BCUT2D eigenvalue weighted by Gasteiger charge is 2.13. The number of rotatable bonds is 3. The maximum Gasteiger partial charge on any atom is 0.129 e. The molecule has 0 saturated carbocycles. The summed E-state index contributed by atoms with van der Waals surface area (Å²) in [7, 11) is 0. The van der Waals surface area contributed by atoms with Crippen LogP contribution < -0.4 is 10.6 Å². The molecule has 88 valence electrons. The van der Waals surface area contributed by atoms with Crippen LogP contribution in [0.1, 0.15) is 38.3 Å². The highest BCUT2D eigenvalue weighted by Crippen LogP contribution is 2.15. The predicted octanol–water partition coefficient (Wildman–Crippen LogP) is 1.76. The van der Waals surface area contributed by atoms with Crippen LogP contribution in [0.2, 0.25) is 0 Å². The molecule has 1 aromatic rings. The van der Waals surface area contributed by atoms with Crippen LogP contribution in [0.15, 0.2) is 12.4 Å². The number of piperidine rings is 1. The summed E-state index contributed by atoms with van der Waals surface area (Å²) in [5.74, 6) is 1.40. The summed E-state index contributed by atoms with van der Waals surface area (Å²) >= 11 is 0. The monoisotopic (exact) mass is 220 g/mol. The summed E-state index contributed by atoms with van der Waals surface area (Å²) in [5.41, 5.74) is 1.10. The van der Waals surface area contributed by atoms with Crippen molar-refractivity contribution >= 4 is 5.82 Å². The van der Waals surface area contributed by atoms with Crippen LogP contribution in [0.5, 0.6) is 0 Å². The van der Waals surface area contributed by atoms with Crippen molar-refractivity contribution in [1.29, 1.82) is 0 Å². The van der Waals surface area contributed by atoms with Crippen LogP contribution in [-0.2, 0) is 0 Å². The summed E-state index contributed by atoms with van der Waals surface area (Å²) in [6.07, 6.45) is 4.10. The molecule has 0 amide bonds. The number of hydrogen-bond donors (Lipinski definition) is 2. The van der Waals surface area contributed by atoms with Crippen molar-refractivity contribution < 1.29 is 0 Å². The van der Waals surface area contributed by atoms with Gasteiger partial charge in [-0.05, 0) is 25.3 Å². The predicted molar refractivity (Wildman–Crippen MR) is 65.6 cm³/mol. The topological polar surface area (TPSA) is 49.8 Å². The molecule has 4 nitrogen and oxygen atoms in total. The third-order valence-electron chi connectivity index (χ3n) is 2.93. The summed E-state index contributed by atoms with van der Waals surface area (Å²) in [6, 6.07) is 2.56. The SMILES string of the molecule is CC(C)c1cc(NC2CCCNC2)ncn1. The molecule has 0 bridgehead atoms. The lowest BCUT2D eigenvalue weighted by Gasteiger charge is -2.24.